The molecule has 2 aromatic carbocycles. The van der Waals surface area contributed by atoms with Gasteiger partial charge in [0.25, 0.3) is 11.8 Å². The number of rotatable bonds is 7. The van der Waals surface area contributed by atoms with Crippen molar-refractivity contribution in [2.75, 3.05) is 39.4 Å². The van der Waals surface area contributed by atoms with Crippen LogP contribution >= 0.6 is 0 Å². The maximum atomic E-state index is 13.4. The van der Waals surface area contributed by atoms with Crippen LogP contribution in [-0.2, 0) is 16.1 Å². The molecule has 3 aromatic rings. The van der Waals surface area contributed by atoms with Crippen LogP contribution in [0, 0.1) is 0 Å². The van der Waals surface area contributed by atoms with Gasteiger partial charge in [-0.3, -0.25) is 14.3 Å². The number of carbonyl (C=O) groups excluding carboxylic acids is 2. The molecule has 5 rings (SSSR count). The van der Waals surface area contributed by atoms with Crippen molar-refractivity contribution in [3.8, 4) is 5.75 Å². The van der Waals surface area contributed by atoms with E-state index in [0.29, 0.717) is 51.6 Å². The van der Waals surface area contributed by atoms with Gasteiger partial charge in [-0.2, -0.15) is 5.10 Å². The van der Waals surface area contributed by atoms with Crippen molar-refractivity contribution in [2.24, 2.45) is 0 Å². The Hall–Kier alpha value is -3.39. The van der Waals surface area contributed by atoms with Gasteiger partial charge in [-0.1, -0.05) is 36.4 Å². The molecule has 1 atom stereocenters. The Bertz CT molecular complexity index is 1130. The van der Waals surface area contributed by atoms with E-state index in [1.54, 1.807) is 4.90 Å². The summed E-state index contributed by atoms with van der Waals surface area (Å²) in [4.78, 5) is 29.6. The van der Waals surface area contributed by atoms with Crippen molar-refractivity contribution in [1.29, 1.82) is 0 Å². The number of ether oxygens (including phenoxy) is 2. The van der Waals surface area contributed by atoms with Gasteiger partial charge in [0.05, 0.1) is 12.1 Å². The minimum atomic E-state index is -0.312. The summed E-state index contributed by atoms with van der Waals surface area (Å²) >= 11 is 0. The fourth-order valence-corrected chi connectivity index (χ4v) is 4.63. The van der Waals surface area contributed by atoms with E-state index in [1.807, 2.05) is 64.2 Å². The van der Waals surface area contributed by atoms with Crippen molar-refractivity contribution < 1.29 is 19.1 Å². The van der Waals surface area contributed by atoms with Crippen LogP contribution in [0.5, 0.6) is 5.75 Å². The molecule has 3 heterocycles. The molecule has 8 heteroatoms. The number of amides is 2. The Morgan fingerprint density at radius 3 is 2.47 bits per heavy atom. The van der Waals surface area contributed by atoms with Crippen LogP contribution in [0.25, 0.3) is 10.9 Å². The third-order valence-electron chi connectivity index (χ3n) is 6.47. The third-order valence-corrected chi connectivity index (χ3v) is 6.47. The van der Waals surface area contributed by atoms with Crippen LogP contribution in [-0.4, -0.2) is 76.9 Å². The largest absolute Gasteiger partial charge is 0.494 e. The molecule has 0 spiro atoms. The first kappa shape index (κ1) is 22.4. The van der Waals surface area contributed by atoms with Crippen LogP contribution < -0.4 is 4.74 Å². The van der Waals surface area contributed by atoms with Crippen molar-refractivity contribution >= 4 is 22.7 Å². The number of hydrogen-bond donors (Lipinski definition) is 0. The highest BCUT2D eigenvalue weighted by Crippen LogP contribution is 2.22. The lowest BCUT2D eigenvalue weighted by molar-refractivity contribution is -0.142. The number of para-hydroxylation sites is 2. The molecule has 0 bridgehead atoms. The predicted octanol–water partition coefficient (Wildman–Crippen LogP) is 2.97. The maximum Gasteiger partial charge on any atom is 0.275 e. The topological polar surface area (TPSA) is 76.9 Å². The molecule has 1 unspecified atom stereocenters. The number of nitrogens with zero attached hydrogens (tertiary/aromatic N) is 4. The van der Waals surface area contributed by atoms with E-state index in [9.17, 15) is 9.59 Å². The summed E-state index contributed by atoms with van der Waals surface area (Å²) < 4.78 is 13.2. The summed E-state index contributed by atoms with van der Waals surface area (Å²) in [5.41, 5.74) is 1.41. The van der Waals surface area contributed by atoms with Gasteiger partial charge in [-0.15, -0.1) is 0 Å². The first-order valence-corrected chi connectivity index (χ1v) is 12.0. The lowest BCUT2D eigenvalue weighted by atomic mass is 10.1. The van der Waals surface area contributed by atoms with Crippen molar-refractivity contribution in [2.45, 2.75) is 31.9 Å². The molecule has 2 fully saturated rings. The van der Waals surface area contributed by atoms with Gasteiger partial charge < -0.3 is 19.3 Å². The van der Waals surface area contributed by atoms with Crippen molar-refractivity contribution in [3.63, 3.8) is 0 Å². The second kappa shape index (κ2) is 10.3. The van der Waals surface area contributed by atoms with Gasteiger partial charge in [0.2, 0.25) is 0 Å². The molecule has 1 aromatic heterocycles. The molecule has 0 N–H and O–H groups in total. The van der Waals surface area contributed by atoms with E-state index in [0.717, 1.165) is 35.9 Å². The average molecular weight is 463 g/mol. The van der Waals surface area contributed by atoms with Crippen LogP contribution in [0.2, 0.25) is 0 Å². The highest BCUT2D eigenvalue weighted by molar-refractivity contribution is 6.05. The molecule has 2 saturated heterocycles. The van der Waals surface area contributed by atoms with Gasteiger partial charge in [0.15, 0.2) is 5.69 Å². The molecule has 34 heavy (non-hydrogen) atoms. The quantitative estimate of drug-likeness (QED) is 0.505. The number of aromatic nitrogens is 2. The Balaban J connectivity index is 1.22. The molecule has 8 nitrogen and oxygen atoms in total. The molecule has 178 valence electrons. The van der Waals surface area contributed by atoms with Crippen LogP contribution in [0.3, 0.4) is 0 Å². The smallest absolute Gasteiger partial charge is 0.275 e. The molecule has 0 aliphatic carbocycles. The SMILES string of the molecule is O=C(c1nn(CCCOc2ccccc2)c2ccccc12)N1CCN(C(=O)C2CCCO2)CC1. The predicted molar refractivity (Wildman–Crippen MR) is 128 cm³/mol. The van der Waals surface area contributed by atoms with Gasteiger partial charge in [0, 0.05) is 51.1 Å². The zero-order valence-electron chi connectivity index (χ0n) is 19.3. The zero-order chi connectivity index (χ0) is 23.3. The lowest BCUT2D eigenvalue weighted by Gasteiger charge is -2.35. The van der Waals surface area contributed by atoms with Gasteiger partial charge in [-0.05, 0) is 31.0 Å². The number of carbonyl (C=O) groups is 2. The molecule has 2 amide bonds. The van der Waals surface area contributed by atoms with Crippen LogP contribution in [0.15, 0.2) is 54.6 Å². The highest BCUT2D eigenvalue weighted by Gasteiger charge is 2.32. The minimum absolute atomic E-state index is 0.0528. The van der Waals surface area contributed by atoms with E-state index < -0.39 is 0 Å². The molecule has 0 saturated carbocycles. The normalized spacial score (nSPS) is 18.4. The highest BCUT2D eigenvalue weighted by atomic mass is 16.5. The van der Waals surface area contributed by atoms with Crippen molar-refractivity contribution in [1.82, 2.24) is 19.6 Å². The monoisotopic (exact) mass is 462 g/mol. The summed E-state index contributed by atoms with van der Waals surface area (Å²) in [6, 6.07) is 17.6. The Labute approximate surface area is 199 Å². The zero-order valence-corrected chi connectivity index (χ0v) is 19.3. The second-order valence-electron chi connectivity index (χ2n) is 8.72. The Morgan fingerprint density at radius 1 is 0.971 bits per heavy atom. The molecular weight excluding hydrogens is 432 g/mol. The number of aryl methyl sites for hydroxylation is 1. The maximum absolute atomic E-state index is 13.4. The van der Waals surface area contributed by atoms with Gasteiger partial charge in [-0.25, -0.2) is 0 Å². The van der Waals surface area contributed by atoms with E-state index >= 15 is 0 Å². The van der Waals surface area contributed by atoms with E-state index in [-0.39, 0.29) is 17.9 Å². The fraction of sp³-hybridized carbons (Fsp3) is 0.423. The van der Waals surface area contributed by atoms with Crippen LogP contribution in [0.4, 0.5) is 0 Å². The number of hydrogen-bond acceptors (Lipinski definition) is 5. The minimum Gasteiger partial charge on any atom is -0.494 e. The van der Waals surface area contributed by atoms with Gasteiger partial charge in [0.1, 0.15) is 11.9 Å². The molecule has 2 aliphatic heterocycles. The summed E-state index contributed by atoms with van der Waals surface area (Å²) in [6.07, 6.45) is 2.19. The number of benzene rings is 2. The Kier molecular flexibility index (Phi) is 6.76. The lowest BCUT2D eigenvalue weighted by Crippen LogP contribution is -2.52. The summed E-state index contributed by atoms with van der Waals surface area (Å²) in [6.45, 7) is 3.95. The van der Waals surface area contributed by atoms with E-state index in [1.165, 1.54) is 0 Å². The number of fused-ring (bicyclic) bond motifs is 1. The standard InChI is InChI=1S/C26H30N4O4/c31-25(23-12-6-18-34-23)28-14-16-29(17-15-28)26(32)24-21-10-4-5-11-22(21)30(27-24)13-7-19-33-20-8-2-1-3-9-20/h1-5,8-11,23H,6-7,12-19H2. The first-order valence-electron chi connectivity index (χ1n) is 12.0. The Morgan fingerprint density at radius 2 is 1.71 bits per heavy atom. The molecule has 0 radical (unpaired) electrons. The molecular formula is C26H30N4O4. The first-order chi connectivity index (χ1) is 16.7. The third kappa shape index (κ3) is 4.77. The summed E-state index contributed by atoms with van der Waals surface area (Å²) in [5.74, 6) is 0.817. The van der Waals surface area contributed by atoms with Crippen molar-refractivity contribution in [3.05, 3.63) is 60.3 Å². The van der Waals surface area contributed by atoms with Gasteiger partial charge >= 0.3 is 0 Å². The summed E-state index contributed by atoms with van der Waals surface area (Å²) in [7, 11) is 0. The number of piperazine rings is 1. The molecule has 2 aliphatic rings. The second-order valence-corrected chi connectivity index (χ2v) is 8.72. The van der Waals surface area contributed by atoms with E-state index in [2.05, 4.69) is 0 Å². The average Bonchev–Trinajstić information content (AvgIpc) is 3.55. The van der Waals surface area contributed by atoms with Crippen LogP contribution in [0.1, 0.15) is 29.8 Å². The van der Waals surface area contributed by atoms with E-state index in [4.69, 9.17) is 14.6 Å². The summed E-state index contributed by atoms with van der Waals surface area (Å²) in [5, 5.41) is 5.55. The fourth-order valence-electron chi connectivity index (χ4n) is 4.63.